The van der Waals surface area contributed by atoms with Gasteiger partial charge in [-0.1, -0.05) is 57.2 Å². The van der Waals surface area contributed by atoms with E-state index in [1.807, 2.05) is 13.8 Å². The van der Waals surface area contributed by atoms with Crippen molar-refractivity contribution in [3.63, 3.8) is 0 Å². The minimum absolute atomic E-state index is 0.141. The summed E-state index contributed by atoms with van der Waals surface area (Å²) >= 11 is 0. The van der Waals surface area contributed by atoms with Gasteiger partial charge in [0.05, 0.1) is 17.8 Å². The maximum absolute atomic E-state index is 10.3. The molecule has 0 unspecified atom stereocenters. The second-order valence-corrected chi connectivity index (χ2v) is 11.4. The van der Waals surface area contributed by atoms with Crippen LogP contribution in [0.2, 0.25) is 0 Å². The Balaban J connectivity index is 1.76. The van der Waals surface area contributed by atoms with E-state index in [0.717, 1.165) is 17.6 Å². The van der Waals surface area contributed by atoms with Gasteiger partial charge in [-0.05, 0) is 86.7 Å². The largest absolute Gasteiger partial charge is 0.393 e. The Morgan fingerprint density at radius 1 is 1.13 bits per heavy atom. The average molecular weight is 429 g/mol. The molecule has 3 N–H and O–H groups in total. The first-order valence-corrected chi connectivity index (χ1v) is 12.3. The Labute approximate surface area is 189 Å². The van der Waals surface area contributed by atoms with Crippen molar-refractivity contribution in [2.24, 2.45) is 29.1 Å². The minimum atomic E-state index is -0.684. The van der Waals surface area contributed by atoms with Crippen LogP contribution >= 0.6 is 0 Å². The van der Waals surface area contributed by atoms with Crippen LogP contribution in [0.5, 0.6) is 0 Å². The zero-order chi connectivity index (χ0) is 23.0. The molecule has 174 valence electrons. The molecule has 0 aliphatic heterocycles. The van der Waals surface area contributed by atoms with E-state index in [0.29, 0.717) is 36.0 Å². The van der Waals surface area contributed by atoms with Crippen LogP contribution < -0.4 is 0 Å². The minimum Gasteiger partial charge on any atom is -0.393 e. The predicted molar refractivity (Wildman–Crippen MR) is 128 cm³/mol. The normalized spacial score (nSPS) is 39.3. The monoisotopic (exact) mass is 428 g/mol. The smallest absolute Gasteiger partial charge is 0.0811 e. The number of fused-ring (bicyclic) bond motifs is 1. The molecule has 0 aromatic carbocycles. The number of rotatable bonds is 5. The number of allylic oxidation sites excluding steroid dienone is 4. The van der Waals surface area contributed by atoms with Gasteiger partial charge < -0.3 is 15.3 Å². The van der Waals surface area contributed by atoms with Gasteiger partial charge in [0.1, 0.15) is 0 Å². The Morgan fingerprint density at radius 3 is 2.52 bits per heavy atom. The molecule has 0 radical (unpaired) electrons. The standard InChI is InChI=1S/C28H44O3/c1-18(9-10-19(2)27(4,5)31)24-13-14-25-21(8-7-15-28(24,25)6)11-12-22-16-23(29)17-26(30)20(22)3/h9-12,18-19,23-26,29-31H,3,7-8,13-17H2,1-2,4-6H3/b10-9+,21-11+,22-12+/t18-,19-,23-,24-,25+,26-,28-/m1/s1. The summed E-state index contributed by atoms with van der Waals surface area (Å²) in [4.78, 5) is 0. The fourth-order valence-electron chi connectivity index (χ4n) is 6.32. The Morgan fingerprint density at radius 2 is 1.84 bits per heavy atom. The SMILES string of the molecule is C=C1/C(=C/C=C2\CCC[C@]3(C)[C@@H]([C@H](C)/C=C/[C@@H](C)C(C)(C)O)CC[C@@H]23)C[C@@H](O)C[C@H]1O. The molecule has 3 heteroatoms. The van der Waals surface area contributed by atoms with E-state index in [4.69, 9.17) is 0 Å². The van der Waals surface area contributed by atoms with Crippen LogP contribution in [-0.4, -0.2) is 33.1 Å². The third kappa shape index (κ3) is 5.26. The van der Waals surface area contributed by atoms with Gasteiger partial charge in [-0.25, -0.2) is 0 Å². The zero-order valence-electron chi connectivity index (χ0n) is 20.3. The van der Waals surface area contributed by atoms with E-state index >= 15 is 0 Å². The van der Waals surface area contributed by atoms with Crippen molar-refractivity contribution in [2.45, 2.75) is 97.4 Å². The Bertz CT molecular complexity index is 753. The summed E-state index contributed by atoms with van der Waals surface area (Å²) in [7, 11) is 0. The van der Waals surface area contributed by atoms with Gasteiger partial charge in [0.2, 0.25) is 0 Å². The molecule has 0 saturated heterocycles. The number of hydrogen-bond donors (Lipinski definition) is 3. The van der Waals surface area contributed by atoms with E-state index < -0.39 is 17.8 Å². The molecule has 0 bridgehead atoms. The second-order valence-electron chi connectivity index (χ2n) is 11.4. The third-order valence-corrected chi connectivity index (χ3v) is 8.75. The van der Waals surface area contributed by atoms with Crippen LogP contribution in [0, 0.1) is 29.1 Å². The summed E-state index contributed by atoms with van der Waals surface area (Å²) in [6, 6.07) is 0. The Kier molecular flexibility index (Phi) is 7.40. The second kappa shape index (κ2) is 9.37. The van der Waals surface area contributed by atoms with Gasteiger partial charge in [-0.15, -0.1) is 0 Å². The molecular weight excluding hydrogens is 384 g/mol. The first-order chi connectivity index (χ1) is 14.4. The van der Waals surface area contributed by atoms with Crippen LogP contribution in [0.25, 0.3) is 0 Å². The lowest BCUT2D eigenvalue weighted by molar-refractivity contribution is 0.0436. The van der Waals surface area contributed by atoms with Crippen LogP contribution in [0.3, 0.4) is 0 Å². The maximum Gasteiger partial charge on any atom is 0.0811 e. The summed E-state index contributed by atoms with van der Waals surface area (Å²) in [6.45, 7) is 14.7. The van der Waals surface area contributed by atoms with Gasteiger partial charge in [-0.3, -0.25) is 0 Å². The highest BCUT2D eigenvalue weighted by Gasteiger charge is 2.50. The van der Waals surface area contributed by atoms with E-state index in [1.54, 1.807) is 0 Å². The molecule has 3 saturated carbocycles. The zero-order valence-corrected chi connectivity index (χ0v) is 20.3. The lowest BCUT2D eigenvalue weighted by Gasteiger charge is -2.44. The highest BCUT2D eigenvalue weighted by atomic mass is 16.3. The van der Waals surface area contributed by atoms with Crippen molar-refractivity contribution < 1.29 is 15.3 Å². The molecule has 0 spiro atoms. The van der Waals surface area contributed by atoms with E-state index in [1.165, 1.54) is 31.3 Å². The van der Waals surface area contributed by atoms with Crippen LogP contribution in [-0.2, 0) is 0 Å². The van der Waals surface area contributed by atoms with Crippen molar-refractivity contribution in [1.29, 1.82) is 0 Å². The van der Waals surface area contributed by atoms with E-state index in [2.05, 4.69) is 51.7 Å². The highest BCUT2D eigenvalue weighted by Crippen LogP contribution is 2.59. The third-order valence-electron chi connectivity index (χ3n) is 8.75. The molecule has 3 aliphatic rings. The Hall–Kier alpha value is -1.16. The molecular formula is C28H44O3. The number of hydrogen-bond acceptors (Lipinski definition) is 3. The van der Waals surface area contributed by atoms with Crippen molar-refractivity contribution in [1.82, 2.24) is 0 Å². The van der Waals surface area contributed by atoms with Crippen molar-refractivity contribution >= 4 is 0 Å². The molecule has 0 heterocycles. The number of aliphatic hydroxyl groups excluding tert-OH is 2. The molecule has 0 amide bonds. The van der Waals surface area contributed by atoms with Gasteiger partial charge in [-0.2, -0.15) is 0 Å². The quantitative estimate of drug-likeness (QED) is 0.490. The van der Waals surface area contributed by atoms with Gasteiger partial charge >= 0.3 is 0 Å². The molecule has 3 nitrogen and oxygen atoms in total. The van der Waals surface area contributed by atoms with Gasteiger partial charge in [0.25, 0.3) is 0 Å². The average Bonchev–Trinajstić information content (AvgIpc) is 3.04. The van der Waals surface area contributed by atoms with Crippen LogP contribution in [0.1, 0.15) is 79.6 Å². The van der Waals surface area contributed by atoms with E-state index in [9.17, 15) is 15.3 Å². The molecule has 0 aromatic rings. The maximum atomic E-state index is 10.3. The van der Waals surface area contributed by atoms with Crippen LogP contribution in [0.15, 0.2) is 47.6 Å². The molecule has 0 aromatic heterocycles. The lowest BCUT2D eigenvalue weighted by Crippen LogP contribution is -2.35. The summed E-state index contributed by atoms with van der Waals surface area (Å²) in [5.41, 5.74) is 2.93. The fourth-order valence-corrected chi connectivity index (χ4v) is 6.32. The first kappa shape index (κ1) is 24.5. The summed E-state index contributed by atoms with van der Waals surface area (Å²) in [6.07, 6.45) is 15.0. The van der Waals surface area contributed by atoms with Gasteiger partial charge in [0.15, 0.2) is 0 Å². The summed E-state index contributed by atoms with van der Waals surface area (Å²) in [5.74, 6) is 1.91. The van der Waals surface area contributed by atoms with E-state index in [-0.39, 0.29) is 5.92 Å². The molecule has 7 atom stereocenters. The lowest BCUT2D eigenvalue weighted by atomic mass is 9.61. The molecule has 3 fully saturated rings. The summed E-state index contributed by atoms with van der Waals surface area (Å²) < 4.78 is 0. The van der Waals surface area contributed by atoms with Crippen molar-refractivity contribution in [3.05, 3.63) is 47.6 Å². The first-order valence-electron chi connectivity index (χ1n) is 12.3. The van der Waals surface area contributed by atoms with Crippen molar-refractivity contribution in [2.75, 3.05) is 0 Å². The summed E-state index contributed by atoms with van der Waals surface area (Å²) in [5, 5.41) is 30.4. The molecule has 3 rings (SSSR count). The highest BCUT2D eigenvalue weighted by molar-refractivity contribution is 5.38. The van der Waals surface area contributed by atoms with Crippen molar-refractivity contribution in [3.8, 4) is 0 Å². The fraction of sp³-hybridized carbons (Fsp3) is 0.714. The number of aliphatic hydroxyl groups is 3. The topological polar surface area (TPSA) is 60.7 Å². The molecule has 31 heavy (non-hydrogen) atoms. The predicted octanol–water partition coefficient (Wildman–Crippen LogP) is 5.73. The van der Waals surface area contributed by atoms with Crippen LogP contribution in [0.4, 0.5) is 0 Å². The van der Waals surface area contributed by atoms with Gasteiger partial charge in [0, 0.05) is 12.3 Å². The molecule has 3 aliphatic carbocycles.